The molecular weight excluding hydrogens is 312 g/mol. The van der Waals surface area contributed by atoms with Gasteiger partial charge in [-0.05, 0) is 43.0 Å². The Morgan fingerprint density at radius 2 is 1.76 bits per heavy atom. The summed E-state index contributed by atoms with van der Waals surface area (Å²) in [6, 6.07) is 17.9. The number of rotatable bonds is 4. The highest BCUT2D eigenvalue weighted by Gasteiger charge is 2.39. The van der Waals surface area contributed by atoms with Gasteiger partial charge in [-0.1, -0.05) is 60.2 Å². The second-order valence-electron chi connectivity index (χ2n) is 6.39. The Labute approximate surface area is 148 Å². The Bertz CT molecular complexity index is 788. The van der Waals surface area contributed by atoms with E-state index in [4.69, 9.17) is 4.74 Å². The van der Waals surface area contributed by atoms with Crippen molar-refractivity contribution in [2.24, 2.45) is 5.92 Å². The van der Waals surface area contributed by atoms with Gasteiger partial charge in [0.25, 0.3) is 0 Å². The fourth-order valence-electron chi connectivity index (χ4n) is 3.36. The third-order valence-electron chi connectivity index (χ3n) is 4.66. The summed E-state index contributed by atoms with van der Waals surface area (Å²) in [5.41, 5.74) is 4.14. The molecule has 1 aliphatic rings. The summed E-state index contributed by atoms with van der Waals surface area (Å²) in [6.07, 6.45) is 2.25. The first-order valence-electron chi connectivity index (χ1n) is 8.63. The van der Waals surface area contributed by atoms with Crippen LogP contribution in [0.1, 0.15) is 36.0 Å². The lowest BCUT2D eigenvalue weighted by molar-refractivity contribution is -0.151. The topological polar surface area (TPSA) is 43.4 Å². The second kappa shape index (κ2) is 7.47. The number of ketones is 1. The van der Waals surface area contributed by atoms with E-state index in [9.17, 15) is 9.59 Å². The molecule has 0 aromatic heterocycles. The largest absolute Gasteiger partial charge is 0.465 e. The summed E-state index contributed by atoms with van der Waals surface area (Å²) >= 11 is 0. The van der Waals surface area contributed by atoms with E-state index in [1.807, 2.05) is 61.5 Å². The number of hydrogen-bond acceptors (Lipinski definition) is 3. The van der Waals surface area contributed by atoms with Crippen molar-refractivity contribution in [2.75, 3.05) is 6.61 Å². The van der Waals surface area contributed by atoms with Crippen molar-refractivity contribution in [3.63, 3.8) is 0 Å². The first-order valence-corrected chi connectivity index (χ1v) is 8.63. The molecule has 0 unspecified atom stereocenters. The zero-order valence-electron chi connectivity index (χ0n) is 14.6. The Kier molecular flexibility index (Phi) is 5.13. The molecule has 2 atom stereocenters. The molecule has 0 radical (unpaired) electrons. The minimum Gasteiger partial charge on any atom is -0.465 e. The highest BCUT2D eigenvalue weighted by Crippen LogP contribution is 2.40. The minimum absolute atomic E-state index is 0.172. The lowest BCUT2D eigenvalue weighted by Crippen LogP contribution is -2.34. The van der Waals surface area contributed by atoms with E-state index in [1.54, 1.807) is 13.0 Å². The van der Waals surface area contributed by atoms with Gasteiger partial charge in [-0.2, -0.15) is 0 Å². The van der Waals surface area contributed by atoms with Gasteiger partial charge in [-0.15, -0.1) is 0 Å². The second-order valence-corrected chi connectivity index (χ2v) is 6.39. The van der Waals surface area contributed by atoms with Crippen LogP contribution in [0.25, 0.3) is 5.57 Å². The standard InChI is InChI=1S/C22H22O3/c1-3-25-22(24)21-19(17-11-9-15(2)10-12-17)13-18(14-20(21)23)16-7-5-4-6-8-16/h4-12,14,19,21H,3,13H2,1-2H3/t19-,21+/m1/s1. The predicted octanol–water partition coefficient (Wildman–Crippen LogP) is 4.31. The third kappa shape index (κ3) is 3.71. The van der Waals surface area contributed by atoms with Crippen LogP contribution in [0.5, 0.6) is 0 Å². The van der Waals surface area contributed by atoms with Crippen LogP contribution in [-0.4, -0.2) is 18.4 Å². The molecule has 0 saturated carbocycles. The van der Waals surface area contributed by atoms with Crippen LogP contribution >= 0.6 is 0 Å². The number of hydrogen-bond donors (Lipinski definition) is 0. The maximum atomic E-state index is 12.8. The van der Waals surface area contributed by atoms with Crippen molar-refractivity contribution in [2.45, 2.75) is 26.2 Å². The van der Waals surface area contributed by atoms with Crippen LogP contribution < -0.4 is 0 Å². The average Bonchev–Trinajstić information content (AvgIpc) is 2.62. The van der Waals surface area contributed by atoms with Crippen LogP contribution in [-0.2, 0) is 14.3 Å². The highest BCUT2D eigenvalue weighted by molar-refractivity contribution is 6.10. The summed E-state index contributed by atoms with van der Waals surface area (Å²) in [5, 5.41) is 0. The van der Waals surface area contributed by atoms with Gasteiger partial charge < -0.3 is 4.74 Å². The molecule has 0 N–H and O–H groups in total. The molecule has 2 aromatic carbocycles. The number of benzene rings is 2. The minimum atomic E-state index is -0.768. The zero-order valence-corrected chi connectivity index (χ0v) is 14.6. The summed E-state index contributed by atoms with van der Waals surface area (Å²) < 4.78 is 5.18. The lowest BCUT2D eigenvalue weighted by Gasteiger charge is -2.29. The quantitative estimate of drug-likeness (QED) is 0.618. The summed E-state index contributed by atoms with van der Waals surface area (Å²) in [6.45, 7) is 4.06. The smallest absolute Gasteiger partial charge is 0.317 e. The Morgan fingerprint density at radius 3 is 2.40 bits per heavy atom. The van der Waals surface area contributed by atoms with E-state index in [0.717, 1.165) is 22.3 Å². The molecule has 25 heavy (non-hydrogen) atoms. The number of ether oxygens (including phenoxy) is 1. The van der Waals surface area contributed by atoms with Gasteiger partial charge >= 0.3 is 5.97 Å². The molecule has 0 bridgehead atoms. The number of esters is 1. The van der Waals surface area contributed by atoms with Crippen molar-refractivity contribution >= 4 is 17.3 Å². The van der Waals surface area contributed by atoms with Gasteiger partial charge in [-0.3, -0.25) is 9.59 Å². The fourth-order valence-corrected chi connectivity index (χ4v) is 3.36. The molecular formula is C22H22O3. The molecule has 2 aromatic rings. The molecule has 0 saturated heterocycles. The highest BCUT2D eigenvalue weighted by atomic mass is 16.5. The van der Waals surface area contributed by atoms with E-state index in [2.05, 4.69) is 0 Å². The summed E-state index contributed by atoms with van der Waals surface area (Å²) in [5.74, 6) is -1.57. The average molecular weight is 334 g/mol. The van der Waals surface area contributed by atoms with Crippen LogP contribution in [0.15, 0.2) is 60.7 Å². The van der Waals surface area contributed by atoms with Gasteiger partial charge in [0.1, 0.15) is 5.92 Å². The molecule has 3 heteroatoms. The van der Waals surface area contributed by atoms with Crippen LogP contribution in [0.4, 0.5) is 0 Å². The lowest BCUT2D eigenvalue weighted by atomic mass is 9.73. The first-order chi connectivity index (χ1) is 12.1. The van der Waals surface area contributed by atoms with E-state index < -0.39 is 11.9 Å². The van der Waals surface area contributed by atoms with Gasteiger partial charge in [0.05, 0.1) is 6.61 Å². The zero-order chi connectivity index (χ0) is 17.8. The molecule has 0 fully saturated rings. The SMILES string of the molecule is CCOC(=O)[C@@H]1C(=O)C=C(c2ccccc2)C[C@@H]1c1ccc(C)cc1. The monoisotopic (exact) mass is 334 g/mol. The number of allylic oxidation sites excluding steroid dienone is 2. The van der Waals surface area contributed by atoms with E-state index in [1.165, 1.54) is 0 Å². The van der Waals surface area contributed by atoms with Gasteiger partial charge in [0, 0.05) is 5.92 Å². The van der Waals surface area contributed by atoms with Crippen molar-refractivity contribution in [1.82, 2.24) is 0 Å². The van der Waals surface area contributed by atoms with E-state index in [-0.39, 0.29) is 18.3 Å². The first kappa shape index (κ1) is 17.2. The van der Waals surface area contributed by atoms with Crippen molar-refractivity contribution < 1.29 is 14.3 Å². The van der Waals surface area contributed by atoms with E-state index >= 15 is 0 Å². The number of carbonyl (C=O) groups is 2. The number of aryl methyl sites for hydroxylation is 1. The fraction of sp³-hybridized carbons (Fsp3) is 0.273. The van der Waals surface area contributed by atoms with Crippen LogP contribution in [0, 0.1) is 12.8 Å². The van der Waals surface area contributed by atoms with E-state index in [0.29, 0.717) is 6.42 Å². The van der Waals surface area contributed by atoms with Crippen molar-refractivity contribution in [3.8, 4) is 0 Å². The normalized spacial score (nSPS) is 20.1. The molecule has 0 heterocycles. The van der Waals surface area contributed by atoms with Gasteiger partial charge in [-0.25, -0.2) is 0 Å². The predicted molar refractivity (Wildman–Crippen MR) is 98.1 cm³/mol. The molecule has 0 amide bonds. The molecule has 128 valence electrons. The van der Waals surface area contributed by atoms with Crippen molar-refractivity contribution in [1.29, 1.82) is 0 Å². The maximum absolute atomic E-state index is 12.8. The number of carbonyl (C=O) groups excluding carboxylic acids is 2. The molecule has 3 nitrogen and oxygen atoms in total. The third-order valence-corrected chi connectivity index (χ3v) is 4.66. The summed E-state index contributed by atoms with van der Waals surface area (Å²) in [4.78, 5) is 25.2. The Morgan fingerprint density at radius 1 is 1.08 bits per heavy atom. The molecule has 1 aliphatic carbocycles. The van der Waals surface area contributed by atoms with Gasteiger partial charge in [0.2, 0.25) is 0 Å². The molecule has 0 aliphatic heterocycles. The van der Waals surface area contributed by atoms with Gasteiger partial charge in [0.15, 0.2) is 5.78 Å². The maximum Gasteiger partial charge on any atom is 0.317 e. The molecule has 3 rings (SSSR count). The molecule has 0 spiro atoms. The summed E-state index contributed by atoms with van der Waals surface area (Å²) in [7, 11) is 0. The Balaban J connectivity index is 2.01. The van der Waals surface area contributed by atoms with Crippen LogP contribution in [0.2, 0.25) is 0 Å². The van der Waals surface area contributed by atoms with Crippen molar-refractivity contribution in [3.05, 3.63) is 77.4 Å². The Hall–Kier alpha value is -2.68. The van der Waals surface area contributed by atoms with Crippen LogP contribution in [0.3, 0.4) is 0 Å².